The Balaban J connectivity index is 1.49. The molecule has 1 N–H and O–H groups in total. The standard InChI is InChI=1S/C27H37N3O7S2/c1-36-25-12-10-22(38(32,33)29-15-5-3-6-16-29)19-21(25)9-14-27(31)28-24-20-23(11-13-26(24)37-2)39(34,35)30-17-7-4-8-18-30/h10-13,19-20H,3-9,14-18H2,1-2H3,(H,28,31). The van der Waals surface area contributed by atoms with Gasteiger partial charge in [0, 0.05) is 32.6 Å². The number of carbonyl (C=O) groups is 1. The zero-order valence-corrected chi connectivity index (χ0v) is 24.2. The fraction of sp³-hybridized carbons (Fsp3) is 0.519. The number of piperidine rings is 2. The molecule has 12 heteroatoms. The molecule has 1 amide bonds. The molecule has 39 heavy (non-hydrogen) atoms. The lowest BCUT2D eigenvalue weighted by atomic mass is 10.1. The van der Waals surface area contributed by atoms with E-state index in [2.05, 4.69) is 5.32 Å². The maximum Gasteiger partial charge on any atom is 0.243 e. The summed E-state index contributed by atoms with van der Waals surface area (Å²) >= 11 is 0. The lowest BCUT2D eigenvalue weighted by molar-refractivity contribution is -0.116. The number of amides is 1. The second kappa shape index (κ2) is 12.7. The van der Waals surface area contributed by atoms with Crippen molar-refractivity contribution in [2.75, 3.05) is 45.7 Å². The summed E-state index contributed by atoms with van der Waals surface area (Å²) in [4.78, 5) is 13.2. The molecule has 0 spiro atoms. The maximum absolute atomic E-state index is 13.2. The summed E-state index contributed by atoms with van der Waals surface area (Å²) < 4.78 is 66.3. The van der Waals surface area contributed by atoms with Crippen molar-refractivity contribution >= 4 is 31.6 Å². The Labute approximate surface area is 231 Å². The number of benzene rings is 2. The average molecular weight is 580 g/mol. The van der Waals surface area contributed by atoms with Gasteiger partial charge in [-0.05, 0) is 74.1 Å². The van der Waals surface area contributed by atoms with Crippen molar-refractivity contribution in [3.05, 3.63) is 42.0 Å². The van der Waals surface area contributed by atoms with Gasteiger partial charge in [0.15, 0.2) is 0 Å². The van der Waals surface area contributed by atoms with E-state index < -0.39 is 20.0 Å². The topological polar surface area (TPSA) is 122 Å². The Morgan fingerprint density at radius 1 is 0.744 bits per heavy atom. The molecule has 0 radical (unpaired) electrons. The summed E-state index contributed by atoms with van der Waals surface area (Å²) in [5, 5.41) is 2.77. The Hall–Kier alpha value is -2.67. The Morgan fingerprint density at radius 2 is 1.23 bits per heavy atom. The first-order valence-electron chi connectivity index (χ1n) is 13.3. The zero-order chi connectivity index (χ0) is 28.0. The SMILES string of the molecule is COc1ccc(S(=O)(=O)N2CCCCC2)cc1CCC(=O)Nc1cc(S(=O)(=O)N2CCCCC2)ccc1OC. The molecule has 2 aliphatic heterocycles. The van der Waals surface area contributed by atoms with Gasteiger partial charge in [0.2, 0.25) is 26.0 Å². The van der Waals surface area contributed by atoms with Gasteiger partial charge in [-0.3, -0.25) is 4.79 Å². The number of aryl methyl sites for hydroxylation is 1. The van der Waals surface area contributed by atoms with E-state index in [0.29, 0.717) is 43.2 Å². The minimum absolute atomic E-state index is 0.0236. The maximum atomic E-state index is 13.2. The minimum atomic E-state index is -3.69. The second-order valence-electron chi connectivity index (χ2n) is 9.81. The van der Waals surface area contributed by atoms with Crippen LogP contribution in [0.25, 0.3) is 0 Å². The van der Waals surface area contributed by atoms with Crippen LogP contribution in [0.3, 0.4) is 0 Å². The van der Waals surface area contributed by atoms with Crippen molar-refractivity contribution in [3.8, 4) is 11.5 Å². The van der Waals surface area contributed by atoms with Crippen molar-refractivity contribution in [2.45, 2.75) is 61.2 Å². The highest BCUT2D eigenvalue weighted by molar-refractivity contribution is 7.89. The van der Waals surface area contributed by atoms with Crippen LogP contribution in [0.1, 0.15) is 50.5 Å². The van der Waals surface area contributed by atoms with Gasteiger partial charge in [-0.1, -0.05) is 12.8 Å². The molecule has 2 saturated heterocycles. The summed E-state index contributed by atoms with van der Waals surface area (Å²) in [7, 11) is -4.38. The number of sulfonamides is 2. The summed E-state index contributed by atoms with van der Waals surface area (Å²) in [5.74, 6) is 0.466. The Bertz CT molecular complexity index is 1380. The van der Waals surface area contributed by atoms with Gasteiger partial charge in [0.05, 0.1) is 29.7 Å². The predicted molar refractivity (Wildman–Crippen MR) is 148 cm³/mol. The van der Waals surface area contributed by atoms with E-state index in [4.69, 9.17) is 9.47 Å². The summed E-state index contributed by atoms with van der Waals surface area (Å²) in [6.07, 6.45) is 5.60. The quantitative estimate of drug-likeness (QED) is 0.456. The van der Waals surface area contributed by atoms with Gasteiger partial charge in [-0.15, -0.1) is 0 Å². The lowest BCUT2D eigenvalue weighted by Crippen LogP contribution is -2.35. The van der Waals surface area contributed by atoms with Crippen LogP contribution in [0.15, 0.2) is 46.2 Å². The smallest absolute Gasteiger partial charge is 0.243 e. The van der Waals surface area contributed by atoms with Crippen LogP contribution in [0, 0.1) is 0 Å². The van der Waals surface area contributed by atoms with Crippen LogP contribution in [-0.4, -0.2) is 71.8 Å². The number of rotatable bonds is 10. The fourth-order valence-electron chi connectivity index (χ4n) is 5.03. The molecule has 0 saturated carbocycles. The van der Waals surface area contributed by atoms with Crippen LogP contribution < -0.4 is 14.8 Å². The minimum Gasteiger partial charge on any atom is -0.496 e. The zero-order valence-electron chi connectivity index (χ0n) is 22.5. The van der Waals surface area contributed by atoms with Crippen molar-refractivity contribution in [1.29, 1.82) is 0 Å². The second-order valence-corrected chi connectivity index (χ2v) is 13.7. The van der Waals surface area contributed by atoms with Crippen LogP contribution in [0.4, 0.5) is 5.69 Å². The van der Waals surface area contributed by atoms with Gasteiger partial charge in [0.1, 0.15) is 11.5 Å². The Morgan fingerprint density at radius 3 is 1.74 bits per heavy atom. The molecule has 2 fully saturated rings. The molecule has 214 valence electrons. The first kappa shape index (κ1) is 29.3. The van der Waals surface area contributed by atoms with E-state index in [0.717, 1.165) is 38.5 Å². The number of hydrogen-bond donors (Lipinski definition) is 1. The molecule has 2 aliphatic rings. The molecule has 4 rings (SSSR count). The predicted octanol–water partition coefficient (Wildman–Crippen LogP) is 3.62. The largest absolute Gasteiger partial charge is 0.496 e. The summed E-state index contributed by atoms with van der Waals surface area (Å²) in [5.41, 5.74) is 0.855. The first-order valence-corrected chi connectivity index (χ1v) is 16.2. The van der Waals surface area contributed by atoms with E-state index in [1.54, 1.807) is 12.1 Å². The number of hydrogen-bond acceptors (Lipinski definition) is 7. The molecule has 2 aromatic carbocycles. The van der Waals surface area contributed by atoms with E-state index in [1.807, 2.05) is 0 Å². The van der Waals surface area contributed by atoms with Crippen LogP contribution in [0.2, 0.25) is 0 Å². The molecule has 0 bridgehead atoms. The highest BCUT2D eigenvalue weighted by Crippen LogP contribution is 2.31. The van der Waals surface area contributed by atoms with Crippen molar-refractivity contribution < 1.29 is 31.1 Å². The molecular formula is C27H37N3O7S2. The highest BCUT2D eigenvalue weighted by Gasteiger charge is 2.28. The van der Waals surface area contributed by atoms with Crippen molar-refractivity contribution in [3.63, 3.8) is 0 Å². The van der Waals surface area contributed by atoms with Crippen LogP contribution >= 0.6 is 0 Å². The molecule has 0 atom stereocenters. The first-order chi connectivity index (χ1) is 18.7. The monoisotopic (exact) mass is 579 g/mol. The number of nitrogens with one attached hydrogen (secondary N) is 1. The third-order valence-electron chi connectivity index (χ3n) is 7.22. The van der Waals surface area contributed by atoms with E-state index in [-0.39, 0.29) is 34.2 Å². The highest BCUT2D eigenvalue weighted by atomic mass is 32.2. The van der Waals surface area contributed by atoms with Crippen LogP contribution in [0.5, 0.6) is 11.5 Å². The molecule has 2 aromatic rings. The fourth-order valence-corrected chi connectivity index (χ4v) is 8.14. The Kier molecular flexibility index (Phi) is 9.52. The van der Waals surface area contributed by atoms with E-state index >= 15 is 0 Å². The molecule has 0 unspecified atom stereocenters. The van der Waals surface area contributed by atoms with Crippen molar-refractivity contribution in [1.82, 2.24) is 8.61 Å². The van der Waals surface area contributed by atoms with Gasteiger partial charge in [-0.2, -0.15) is 8.61 Å². The van der Waals surface area contributed by atoms with Crippen molar-refractivity contribution in [2.24, 2.45) is 0 Å². The molecule has 10 nitrogen and oxygen atoms in total. The van der Waals surface area contributed by atoms with Gasteiger partial charge < -0.3 is 14.8 Å². The molecule has 0 aromatic heterocycles. The number of ether oxygens (including phenoxy) is 2. The summed E-state index contributed by atoms with van der Waals surface area (Å²) in [6.45, 7) is 1.95. The molecular weight excluding hydrogens is 542 g/mol. The number of methoxy groups -OCH3 is 2. The normalized spacial score (nSPS) is 17.5. The van der Waals surface area contributed by atoms with E-state index in [9.17, 15) is 21.6 Å². The molecule has 2 heterocycles. The number of anilines is 1. The third kappa shape index (κ3) is 6.74. The van der Waals surface area contributed by atoms with E-state index in [1.165, 1.54) is 47.1 Å². The molecule has 0 aliphatic carbocycles. The van der Waals surface area contributed by atoms with Crippen LogP contribution in [-0.2, 0) is 31.3 Å². The summed E-state index contributed by atoms with van der Waals surface area (Å²) in [6, 6.07) is 9.16. The van der Waals surface area contributed by atoms with Gasteiger partial charge in [0.25, 0.3) is 0 Å². The van der Waals surface area contributed by atoms with Gasteiger partial charge in [-0.25, -0.2) is 16.8 Å². The van der Waals surface area contributed by atoms with Gasteiger partial charge >= 0.3 is 0 Å². The average Bonchev–Trinajstić information content (AvgIpc) is 2.96. The number of carbonyl (C=O) groups excluding carboxylic acids is 1. The lowest BCUT2D eigenvalue weighted by Gasteiger charge is -2.26. The third-order valence-corrected chi connectivity index (χ3v) is 11.0. The number of nitrogens with zero attached hydrogens (tertiary/aromatic N) is 2.